The Morgan fingerprint density at radius 1 is 0.880 bits per heavy atom. The van der Waals surface area contributed by atoms with Gasteiger partial charge in [0.1, 0.15) is 11.6 Å². The quantitative estimate of drug-likeness (QED) is 0.684. The summed E-state index contributed by atoms with van der Waals surface area (Å²) in [5.74, 6) is -1.19. The number of hydrogen-bond acceptors (Lipinski definition) is 3. The number of carbonyl (C=O) groups excluding carboxylic acids is 2. The first-order valence-electron chi connectivity index (χ1n) is 8.74. The Morgan fingerprint density at radius 2 is 1.40 bits per heavy atom. The van der Waals surface area contributed by atoms with Gasteiger partial charge in [-0.15, -0.1) is 0 Å². The van der Waals surface area contributed by atoms with Crippen molar-refractivity contribution in [2.24, 2.45) is 5.92 Å². The van der Waals surface area contributed by atoms with Crippen LogP contribution >= 0.6 is 0 Å². The van der Waals surface area contributed by atoms with Crippen LogP contribution in [0.1, 0.15) is 49.7 Å². The normalized spacial score (nSPS) is 24.8. The maximum absolute atomic E-state index is 12.9. The summed E-state index contributed by atoms with van der Waals surface area (Å²) in [4.78, 5) is 25.3. The van der Waals surface area contributed by atoms with E-state index >= 15 is 0 Å². The highest BCUT2D eigenvalue weighted by Crippen LogP contribution is 2.47. The van der Waals surface area contributed by atoms with Gasteiger partial charge in [0.05, 0.1) is 17.9 Å². The van der Waals surface area contributed by atoms with Crippen molar-refractivity contribution in [2.45, 2.75) is 44.1 Å². The van der Waals surface area contributed by atoms with Crippen LogP contribution in [0.2, 0.25) is 0 Å². The topological polar surface area (TPSA) is 54.4 Å². The molecule has 0 aromatic heterocycles. The lowest BCUT2D eigenvalue weighted by Gasteiger charge is -2.37. The van der Waals surface area contributed by atoms with E-state index in [2.05, 4.69) is 0 Å². The van der Waals surface area contributed by atoms with E-state index in [-0.39, 0.29) is 29.8 Å². The van der Waals surface area contributed by atoms with Gasteiger partial charge in [0, 0.05) is 12.3 Å². The molecule has 1 aliphatic rings. The van der Waals surface area contributed by atoms with Crippen LogP contribution in [0.3, 0.4) is 0 Å². The molecule has 0 heterocycles. The van der Waals surface area contributed by atoms with E-state index in [1.165, 1.54) is 0 Å². The third kappa shape index (κ3) is 3.72. The summed E-state index contributed by atoms with van der Waals surface area (Å²) in [6.07, 6.45) is 0.225. The Balaban J connectivity index is 2.19. The summed E-state index contributed by atoms with van der Waals surface area (Å²) in [5.41, 5.74) is 0.829. The third-order valence-electron chi connectivity index (χ3n) is 5.13. The van der Waals surface area contributed by atoms with E-state index in [0.29, 0.717) is 6.42 Å². The molecule has 0 bridgehead atoms. The van der Waals surface area contributed by atoms with Gasteiger partial charge in [-0.3, -0.25) is 9.59 Å². The summed E-state index contributed by atoms with van der Waals surface area (Å²) in [6, 6.07) is 19.6. The summed E-state index contributed by atoms with van der Waals surface area (Å²) in [5, 5.41) is 10.8. The molecule has 1 fully saturated rings. The average Bonchev–Trinajstić information content (AvgIpc) is 2.71. The van der Waals surface area contributed by atoms with Crippen molar-refractivity contribution in [3.8, 4) is 0 Å². The van der Waals surface area contributed by atoms with Gasteiger partial charge in [0.25, 0.3) is 0 Å². The van der Waals surface area contributed by atoms with Crippen LogP contribution in [0.4, 0.5) is 0 Å². The molecule has 1 saturated carbocycles. The zero-order valence-electron chi connectivity index (χ0n) is 14.7. The molecular formula is C22H24O3. The second kappa shape index (κ2) is 6.93. The lowest BCUT2D eigenvalue weighted by Crippen LogP contribution is -2.41. The molecule has 1 aliphatic carbocycles. The van der Waals surface area contributed by atoms with E-state index in [1.807, 2.05) is 60.7 Å². The molecule has 0 unspecified atom stereocenters. The van der Waals surface area contributed by atoms with Gasteiger partial charge in [-0.1, -0.05) is 60.7 Å². The monoisotopic (exact) mass is 336 g/mol. The van der Waals surface area contributed by atoms with Crippen molar-refractivity contribution < 1.29 is 14.7 Å². The summed E-state index contributed by atoms with van der Waals surface area (Å²) in [6.45, 7) is 3.34. The van der Waals surface area contributed by atoms with Crippen molar-refractivity contribution in [3.63, 3.8) is 0 Å². The highest BCUT2D eigenvalue weighted by molar-refractivity contribution is 6.02. The first-order valence-corrected chi connectivity index (χ1v) is 8.74. The van der Waals surface area contributed by atoms with Crippen molar-refractivity contribution in [3.05, 3.63) is 71.8 Å². The van der Waals surface area contributed by atoms with Gasteiger partial charge in [-0.05, 0) is 30.9 Å². The second-order valence-electron chi connectivity index (χ2n) is 7.47. The smallest absolute Gasteiger partial charge is 0.146 e. The Labute approximate surface area is 148 Å². The van der Waals surface area contributed by atoms with Crippen LogP contribution in [-0.2, 0) is 9.59 Å². The lowest BCUT2D eigenvalue weighted by molar-refractivity contribution is -0.133. The fourth-order valence-corrected chi connectivity index (χ4v) is 4.14. The van der Waals surface area contributed by atoms with E-state index < -0.39 is 11.5 Å². The van der Waals surface area contributed by atoms with Gasteiger partial charge in [0.15, 0.2) is 0 Å². The average molecular weight is 336 g/mol. The van der Waals surface area contributed by atoms with Crippen LogP contribution in [0.15, 0.2) is 60.7 Å². The highest BCUT2D eigenvalue weighted by atomic mass is 16.3. The molecule has 3 rings (SSSR count). The van der Waals surface area contributed by atoms with E-state index in [9.17, 15) is 14.7 Å². The first-order chi connectivity index (χ1) is 11.9. The fourth-order valence-electron chi connectivity index (χ4n) is 4.14. The van der Waals surface area contributed by atoms with Crippen LogP contribution in [0.5, 0.6) is 0 Å². The molecule has 0 saturated heterocycles. The van der Waals surface area contributed by atoms with Gasteiger partial charge >= 0.3 is 0 Å². The third-order valence-corrected chi connectivity index (χ3v) is 5.13. The molecule has 25 heavy (non-hydrogen) atoms. The molecule has 0 aliphatic heterocycles. The minimum atomic E-state index is -1.20. The molecule has 0 radical (unpaired) electrons. The van der Waals surface area contributed by atoms with Gasteiger partial charge in [-0.25, -0.2) is 0 Å². The minimum Gasteiger partial charge on any atom is -0.390 e. The first kappa shape index (κ1) is 17.6. The van der Waals surface area contributed by atoms with Crippen molar-refractivity contribution in [1.29, 1.82) is 0 Å². The molecule has 3 nitrogen and oxygen atoms in total. The second-order valence-corrected chi connectivity index (χ2v) is 7.47. The molecular weight excluding hydrogens is 312 g/mol. The zero-order chi connectivity index (χ0) is 18.0. The Hall–Kier alpha value is -2.26. The fraction of sp³-hybridized carbons (Fsp3) is 0.364. The number of benzene rings is 2. The lowest BCUT2D eigenvalue weighted by atomic mass is 9.67. The number of ketones is 2. The Kier molecular flexibility index (Phi) is 4.87. The molecule has 0 spiro atoms. The zero-order valence-corrected chi connectivity index (χ0v) is 14.7. The molecule has 2 aromatic rings. The van der Waals surface area contributed by atoms with Crippen LogP contribution in [-0.4, -0.2) is 22.3 Å². The molecule has 3 heteroatoms. The highest BCUT2D eigenvalue weighted by Gasteiger charge is 2.47. The SMILES string of the molecule is CC(C)(O)[C@H]1C(=O)CC(=O)C[C@H](c2ccccc2)[C@@H]1c1ccccc1. The van der Waals surface area contributed by atoms with Gasteiger partial charge in [-0.2, -0.15) is 0 Å². The number of aliphatic hydroxyl groups is 1. The largest absolute Gasteiger partial charge is 0.390 e. The number of carbonyl (C=O) groups is 2. The molecule has 3 atom stereocenters. The molecule has 0 amide bonds. The summed E-state index contributed by atoms with van der Waals surface area (Å²) >= 11 is 0. The van der Waals surface area contributed by atoms with Crippen molar-refractivity contribution in [1.82, 2.24) is 0 Å². The van der Waals surface area contributed by atoms with Crippen LogP contribution in [0, 0.1) is 5.92 Å². The summed E-state index contributed by atoms with van der Waals surface area (Å²) < 4.78 is 0. The molecule has 2 aromatic carbocycles. The standard InChI is InChI=1S/C22H24O3/c1-22(2,25)21-19(24)14-17(23)13-18(15-9-5-3-6-10-15)20(21)16-11-7-4-8-12-16/h3-12,18,20-21,25H,13-14H2,1-2H3/t18-,20+,21+/m1/s1. The van der Waals surface area contributed by atoms with E-state index in [4.69, 9.17) is 0 Å². The molecule has 130 valence electrons. The predicted molar refractivity (Wildman–Crippen MR) is 97.4 cm³/mol. The maximum Gasteiger partial charge on any atom is 0.146 e. The minimum absolute atomic E-state index is 0.0495. The van der Waals surface area contributed by atoms with Crippen LogP contribution < -0.4 is 0 Å². The van der Waals surface area contributed by atoms with E-state index in [0.717, 1.165) is 11.1 Å². The Morgan fingerprint density at radius 3 is 1.92 bits per heavy atom. The Bertz CT molecular complexity index is 744. The van der Waals surface area contributed by atoms with E-state index in [1.54, 1.807) is 13.8 Å². The number of rotatable bonds is 3. The molecule has 1 N–H and O–H groups in total. The van der Waals surface area contributed by atoms with Gasteiger partial charge in [0.2, 0.25) is 0 Å². The van der Waals surface area contributed by atoms with Gasteiger partial charge < -0.3 is 5.11 Å². The van der Waals surface area contributed by atoms with Crippen LogP contribution in [0.25, 0.3) is 0 Å². The maximum atomic E-state index is 12.9. The number of hydrogen-bond donors (Lipinski definition) is 1. The van der Waals surface area contributed by atoms with Crippen molar-refractivity contribution in [2.75, 3.05) is 0 Å². The van der Waals surface area contributed by atoms with Crippen molar-refractivity contribution >= 4 is 11.6 Å². The predicted octanol–water partition coefficient (Wildman–Crippen LogP) is 3.87. The number of Topliss-reactive ketones (excluding diaryl/α,β-unsaturated/α-hetero) is 2. The summed E-state index contributed by atoms with van der Waals surface area (Å²) in [7, 11) is 0.